The molecule has 1 aromatic heterocycles. The van der Waals surface area contributed by atoms with Crippen molar-refractivity contribution in [2.24, 2.45) is 12.1 Å². The molecule has 0 aliphatic heterocycles. The fourth-order valence-corrected chi connectivity index (χ4v) is 1.28. The van der Waals surface area contributed by atoms with Gasteiger partial charge in [-0.2, -0.15) is 0 Å². The second-order valence-corrected chi connectivity index (χ2v) is 3.40. The lowest BCUT2D eigenvalue weighted by molar-refractivity contribution is -0.679. The number of aryl methyl sites for hydroxylation is 1. The zero-order chi connectivity index (χ0) is 12.3. The molecule has 7 nitrogen and oxygen atoms in total. The van der Waals surface area contributed by atoms with E-state index in [-0.39, 0.29) is 29.7 Å². The molecule has 0 saturated heterocycles. The number of nitro groups is 1. The minimum atomic E-state index is -0.436. The first-order valence-corrected chi connectivity index (χ1v) is 4.84. The lowest BCUT2D eigenvalue weighted by Crippen LogP contribution is -3.00. The van der Waals surface area contributed by atoms with E-state index in [0.717, 1.165) is 0 Å². The van der Waals surface area contributed by atoms with E-state index in [1.165, 1.54) is 29.4 Å². The van der Waals surface area contributed by atoms with Crippen molar-refractivity contribution in [3.05, 3.63) is 52.6 Å². The summed E-state index contributed by atoms with van der Waals surface area (Å²) in [5, 5.41) is 18.6. The fraction of sp³-hybridized carbons (Fsp3) is 0.100. The Hall–Kier alpha value is -1.84. The van der Waals surface area contributed by atoms with Gasteiger partial charge in [0.15, 0.2) is 0 Å². The van der Waals surface area contributed by atoms with Gasteiger partial charge in [0, 0.05) is 22.8 Å². The molecule has 0 bridgehead atoms. The Labute approximate surface area is 120 Å². The number of benzene rings is 1. The average Bonchev–Trinajstić information content (AvgIpc) is 2.73. The molecule has 1 aromatic carbocycles. The van der Waals surface area contributed by atoms with Crippen LogP contribution in [0.5, 0.6) is 0 Å². The van der Waals surface area contributed by atoms with Gasteiger partial charge >= 0.3 is 0 Å². The highest BCUT2D eigenvalue weighted by atomic mass is 127. The molecule has 0 radical (unpaired) electrons. The van der Waals surface area contributed by atoms with Crippen molar-refractivity contribution in [3.8, 4) is 0 Å². The van der Waals surface area contributed by atoms with Crippen LogP contribution in [0.1, 0.15) is 5.56 Å². The molecule has 2 rings (SSSR count). The topological polar surface area (TPSA) is 77.2 Å². The molecule has 0 N–H and O–H groups in total. The van der Waals surface area contributed by atoms with E-state index in [1.807, 2.05) is 0 Å². The highest BCUT2D eigenvalue weighted by Gasteiger charge is 2.04. The van der Waals surface area contributed by atoms with E-state index in [1.54, 1.807) is 30.2 Å². The highest BCUT2D eigenvalue weighted by molar-refractivity contribution is 5.79. The van der Waals surface area contributed by atoms with Gasteiger partial charge in [0.1, 0.15) is 0 Å². The number of hydrogen-bond donors (Lipinski definition) is 0. The summed E-state index contributed by atoms with van der Waals surface area (Å²) in [5.74, 6) is 0. The molecule has 1 heterocycles. The van der Waals surface area contributed by atoms with Gasteiger partial charge in [-0.1, -0.05) is 12.1 Å². The van der Waals surface area contributed by atoms with Crippen molar-refractivity contribution >= 4 is 11.9 Å². The van der Waals surface area contributed by atoms with Crippen LogP contribution in [0.4, 0.5) is 5.69 Å². The van der Waals surface area contributed by atoms with Crippen molar-refractivity contribution in [3.63, 3.8) is 0 Å². The van der Waals surface area contributed by atoms with Crippen LogP contribution >= 0.6 is 0 Å². The Morgan fingerprint density at radius 3 is 2.94 bits per heavy atom. The second-order valence-electron chi connectivity index (χ2n) is 3.40. The van der Waals surface area contributed by atoms with Crippen molar-refractivity contribution < 1.29 is 33.6 Å². The zero-order valence-electron chi connectivity index (χ0n) is 9.47. The minimum absolute atomic E-state index is 0. The molecule has 0 aliphatic rings. The Balaban J connectivity index is 0.00000162. The third-order valence-electron chi connectivity index (χ3n) is 2.06. The Morgan fingerprint density at radius 1 is 1.56 bits per heavy atom. The van der Waals surface area contributed by atoms with Gasteiger partial charge in [0.05, 0.1) is 18.2 Å². The standard InChI is InChI=1S/C10H10N5O2.HI/c1-13-8-14(7-12-13)11-6-9-3-2-4-10(5-9)15(16)17;/h2-8H,1H3;1H/q+1;/p-1. The van der Waals surface area contributed by atoms with E-state index in [9.17, 15) is 10.1 Å². The van der Waals surface area contributed by atoms with Crippen LogP contribution in [-0.4, -0.2) is 20.9 Å². The maximum absolute atomic E-state index is 10.6. The van der Waals surface area contributed by atoms with Gasteiger partial charge in [-0.05, 0) is 0 Å². The molecule has 0 atom stereocenters. The SMILES string of the molecule is Cn1c[n+](N=Cc2cccc([N+](=O)[O-])c2)cn1.[I-]. The van der Waals surface area contributed by atoms with Gasteiger partial charge in [0.2, 0.25) is 6.33 Å². The Morgan fingerprint density at radius 2 is 2.33 bits per heavy atom. The van der Waals surface area contributed by atoms with Crippen molar-refractivity contribution in [2.75, 3.05) is 0 Å². The number of aromatic nitrogens is 3. The summed E-state index contributed by atoms with van der Waals surface area (Å²) in [5.41, 5.74) is 0.709. The van der Waals surface area contributed by atoms with Crippen LogP contribution in [-0.2, 0) is 7.05 Å². The summed E-state index contributed by atoms with van der Waals surface area (Å²) in [6.07, 6.45) is 4.75. The van der Waals surface area contributed by atoms with Gasteiger partial charge in [-0.25, -0.2) is 0 Å². The molecule has 0 unspecified atom stereocenters. The summed E-state index contributed by atoms with van der Waals surface area (Å²) in [6, 6.07) is 6.26. The number of halogens is 1. The monoisotopic (exact) mass is 359 g/mol. The van der Waals surface area contributed by atoms with Crippen molar-refractivity contribution in [1.29, 1.82) is 0 Å². The molecule has 94 valence electrons. The number of non-ortho nitro benzene ring substituents is 1. The van der Waals surface area contributed by atoms with Crippen molar-refractivity contribution in [1.82, 2.24) is 9.78 Å². The van der Waals surface area contributed by atoms with Crippen LogP contribution in [0, 0.1) is 10.1 Å². The number of hydrogen-bond acceptors (Lipinski definition) is 4. The number of nitrogens with zero attached hydrogens (tertiary/aromatic N) is 5. The van der Waals surface area contributed by atoms with E-state index >= 15 is 0 Å². The number of rotatable bonds is 3. The van der Waals surface area contributed by atoms with Crippen LogP contribution < -0.4 is 28.7 Å². The molecular formula is C10H10IN5O2. The Bertz CT molecular complexity index is 581. The zero-order valence-corrected chi connectivity index (χ0v) is 11.6. The first kappa shape index (κ1) is 14.2. The van der Waals surface area contributed by atoms with Gasteiger partial charge in [-0.15, -0.1) is 14.5 Å². The molecule has 18 heavy (non-hydrogen) atoms. The molecule has 0 saturated carbocycles. The van der Waals surface area contributed by atoms with Crippen LogP contribution in [0.3, 0.4) is 0 Å². The molecule has 8 heteroatoms. The first-order chi connectivity index (χ1) is 8.15. The van der Waals surface area contributed by atoms with E-state index in [2.05, 4.69) is 10.2 Å². The largest absolute Gasteiger partial charge is 1.00 e. The maximum atomic E-state index is 10.6. The van der Waals surface area contributed by atoms with E-state index in [4.69, 9.17) is 0 Å². The summed E-state index contributed by atoms with van der Waals surface area (Å²) in [6.45, 7) is 0. The normalized spacial score (nSPS) is 10.3. The van der Waals surface area contributed by atoms with Crippen LogP contribution in [0.2, 0.25) is 0 Å². The smallest absolute Gasteiger partial charge is 0.288 e. The highest BCUT2D eigenvalue weighted by Crippen LogP contribution is 2.11. The third-order valence-corrected chi connectivity index (χ3v) is 2.06. The van der Waals surface area contributed by atoms with Gasteiger partial charge < -0.3 is 24.0 Å². The average molecular weight is 359 g/mol. The second kappa shape index (κ2) is 6.19. The minimum Gasteiger partial charge on any atom is -1.00 e. The summed E-state index contributed by atoms with van der Waals surface area (Å²) < 4.78 is 3.11. The van der Waals surface area contributed by atoms with Gasteiger partial charge in [-0.3, -0.25) is 10.1 Å². The lowest BCUT2D eigenvalue weighted by atomic mass is 10.2. The summed E-state index contributed by atoms with van der Waals surface area (Å²) >= 11 is 0. The van der Waals surface area contributed by atoms with Crippen molar-refractivity contribution in [2.45, 2.75) is 0 Å². The third kappa shape index (κ3) is 3.58. The van der Waals surface area contributed by atoms with Crippen LogP contribution in [0.25, 0.3) is 0 Å². The molecule has 0 amide bonds. The Kier molecular flexibility index (Phi) is 4.89. The van der Waals surface area contributed by atoms with Crippen LogP contribution in [0.15, 0.2) is 42.0 Å². The van der Waals surface area contributed by atoms with E-state index in [0.29, 0.717) is 5.56 Å². The van der Waals surface area contributed by atoms with Gasteiger partial charge in [0.25, 0.3) is 12.0 Å². The molecular weight excluding hydrogens is 349 g/mol. The number of nitro benzene ring substituents is 1. The summed E-state index contributed by atoms with van der Waals surface area (Å²) in [4.78, 5) is 10.1. The van der Waals surface area contributed by atoms with E-state index < -0.39 is 4.92 Å². The maximum Gasteiger partial charge on any atom is 0.288 e. The fourth-order valence-electron chi connectivity index (χ4n) is 1.28. The predicted molar refractivity (Wildman–Crippen MR) is 59.5 cm³/mol. The first-order valence-electron chi connectivity index (χ1n) is 4.84. The molecule has 0 aliphatic carbocycles. The molecule has 0 spiro atoms. The molecule has 2 aromatic rings. The molecule has 0 fully saturated rings. The lowest BCUT2D eigenvalue weighted by Gasteiger charge is -1.92. The predicted octanol–water partition coefficient (Wildman–Crippen LogP) is -2.50. The summed E-state index contributed by atoms with van der Waals surface area (Å²) in [7, 11) is 1.78. The quantitative estimate of drug-likeness (QED) is 0.200.